The minimum absolute atomic E-state index is 0.0538. The SMILES string of the molecule is Cc1cc(C(=O)c2cccc(C)c2I)sc1Cl. The summed E-state index contributed by atoms with van der Waals surface area (Å²) in [5.41, 5.74) is 2.84. The molecule has 1 aromatic heterocycles. The standard InChI is InChI=1S/C13H10ClIOS/c1-7-4-3-5-9(11(7)15)12(16)10-6-8(2)13(14)17-10/h3-6H,1-2H3. The summed E-state index contributed by atoms with van der Waals surface area (Å²) in [4.78, 5) is 13.0. The van der Waals surface area contributed by atoms with Gasteiger partial charge in [-0.2, -0.15) is 0 Å². The number of halogens is 2. The molecule has 0 radical (unpaired) electrons. The van der Waals surface area contributed by atoms with Crippen molar-refractivity contribution in [1.29, 1.82) is 0 Å². The summed E-state index contributed by atoms with van der Waals surface area (Å²) < 4.78 is 1.70. The maximum atomic E-state index is 12.3. The number of carbonyl (C=O) groups is 1. The number of thiophene rings is 1. The van der Waals surface area contributed by atoms with Crippen molar-refractivity contribution in [3.8, 4) is 0 Å². The Balaban J connectivity index is 2.47. The molecule has 0 N–H and O–H groups in total. The summed E-state index contributed by atoms with van der Waals surface area (Å²) in [7, 11) is 0. The van der Waals surface area contributed by atoms with Crippen LogP contribution in [0.25, 0.3) is 0 Å². The van der Waals surface area contributed by atoms with E-state index in [9.17, 15) is 4.79 Å². The van der Waals surface area contributed by atoms with Crippen molar-refractivity contribution >= 4 is 51.3 Å². The van der Waals surface area contributed by atoms with E-state index in [0.29, 0.717) is 9.21 Å². The molecule has 0 bridgehead atoms. The minimum Gasteiger partial charge on any atom is -0.288 e. The van der Waals surface area contributed by atoms with Crippen LogP contribution in [0.2, 0.25) is 4.34 Å². The lowest BCUT2D eigenvalue weighted by Crippen LogP contribution is -2.02. The Bertz CT molecular complexity index is 570. The number of aryl methyl sites for hydroxylation is 2. The molecule has 1 nitrogen and oxygen atoms in total. The van der Waals surface area contributed by atoms with Gasteiger partial charge in [-0.25, -0.2) is 0 Å². The zero-order chi connectivity index (χ0) is 12.6. The van der Waals surface area contributed by atoms with Gasteiger partial charge in [-0.05, 0) is 59.7 Å². The lowest BCUT2D eigenvalue weighted by Gasteiger charge is -2.04. The molecular formula is C13H10ClIOS. The predicted molar refractivity (Wildman–Crippen MR) is 81.4 cm³/mol. The fourth-order valence-electron chi connectivity index (χ4n) is 1.53. The Morgan fingerprint density at radius 3 is 2.59 bits per heavy atom. The Hall–Kier alpha value is -0.390. The van der Waals surface area contributed by atoms with E-state index in [2.05, 4.69) is 22.6 Å². The number of carbonyl (C=O) groups excluding carboxylic acids is 1. The van der Waals surface area contributed by atoms with Crippen LogP contribution in [0.15, 0.2) is 24.3 Å². The zero-order valence-corrected chi connectivity index (χ0v) is 13.1. The van der Waals surface area contributed by atoms with Crippen molar-refractivity contribution < 1.29 is 4.79 Å². The molecule has 88 valence electrons. The fraction of sp³-hybridized carbons (Fsp3) is 0.154. The molecule has 0 unspecified atom stereocenters. The van der Waals surface area contributed by atoms with Gasteiger partial charge in [0.15, 0.2) is 0 Å². The summed E-state index contributed by atoms with van der Waals surface area (Å²) in [6.45, 7) is 3.92. The van der Waals surface area contributed by atoms with Crippen LogP contribution in [0, 0.1) is 17.4 Å². The Morgan fingerprint density at radius 1 is 1.29 bits per heavy atom. The number of benzene rings is 1. The molecule has 0 fully saturated rings. The third-order valence-electron chi connectivity index (χ3n) is 2.52. The maximum absolute atomic E-state index is 12.3. The summed E-state index contributed by atoms with van der Waals surface area (Å²) in [5, 5.41) is 0. The molecule has 0 atom stereocenters. The quantitative estimate of drug-likeness (QED) is 0.541. The van der Waals surface area contributed by atoms with E-state index in [-0.39, 0.29) is 5.78 Å². The second-order valence-corrected chi connectivity index (χ2v) is 6.57. The average molecular weight is 377 g/mol. The van der Waals surface area contributed by atoms with Crippen LogP contribution in [-0.2, 0) is 0 Å². The second-order valence-electron chi connectivity index (χ2n) is 3.83. The van der Waals surface area contributed by atoms with Gasteiger partial charge in [-0.15, -0.1) is 11.3 Å². The van der Waals surface area contributed by atoms with Gasteiger partial charge >= 0.3 is 0 Å². The maximum Gasteiger partial charge on any atom is 0.204 e. The van der Waals surface area contributed by atoms with Gasteiger partial charge in [0.05, 0.1) is 9.21 Å². The van der Waals surface area contributed by atoms with Crippen LogP contribution in [0.4, 0.5) is 0 Å². The topological polar surface area (TPSA) is 17.1 Å². The normalized spacial score (nSPS) is 10.6. The summed E-state index contributed by atoms with van der Waals surface area (Å²) >= 11 is 9.55. The fourth-order valence-corrected chi connectivity index (χ4v) is 3.29. The summed E-state index contributed by atoms with van der Waals surface area (Å²) in [5.74, 6) is 0.0538. The van der Waals surface area contributed by atoms with Gasteiger partial charge in [0.1, 0.15) is 0 Å². The third-order valence-corrected chi connectivity index (χ3v) is 5.50. The van der Waals surface area contributed by atoms with E-state index in [1.165, 1.54) is 11.3 Å². The van der Waals surface area contributed by atoms with Crippen molar-refractivity contribution in [2.45, 2.75) is 13.8 Å². The molecule has 4 heteroatoms. The molecule has 1 aromatic carbocycles. The first kappa shape index (κ1) is 13.1. The number of rotatable bonds is 2. The van der Waals surface area contributed by atoms with Gasteiger partial charge in [0, 0.05) is 9.13 Å². The highest BCUT2D eigenvalue weighted by atomic mass is 127. The molecule has 0 spiro atoms. The Morgan fingerprint density at radius 2 is 2.00 bits per heavy atom. The highest BCUT2D eigenvalue weighted by Gasteiger charge is 2.16. The first-order valence-electron chi connectivity index (χ1n) is 5.06. The lowest BCUT2D eigenvalue weighted by molar-refractivity contribution is 0.104. The van der Waals surface area contributed by atoms with Crippen LogP contribution in [0.1, 0.15) is 26.4 Å². The van der Waals surface area contributed by atoms with Crippen LogP contribution >= 0.6 is 45.5 Å². The number of ketones is 1. The van der Waals surface area contributed by atoms with Gasteiger partial charge in [0.25, 0.3) is 0 Å². The Labute approximate surface area is 123 Å². The van der Waals surface area contributed by atoms with Gasteiger partial charge in [0.2, 0.25) is 5.78 Å². The average Bonchev–Trinajstić information content (AvgIpc) is 2.62. The van der Waals surface area contributed by atoms with Gasteiger partial charge in [-0.3, -0.25) is 4.79 Å². The van der Waals surface area contributed by atoms with Crippen LogP contribution in [-0.4, -0.2) is 5.78 Å². The number of hydrogen-bond donors (Lipinski definition) is 0. The molecular weight excluding hydrogens is 367 g/mol. The Kier molecular flexibility index (Phi) is 3.90. The van der Waals surface area contributed by atoms with Gasteiger partial charge in [-0.1, -0.05) is 23.7 Å². The summed E-state index contributed by atoms with van der Waals surface area (Å²) in [6, 6.07) is 7.63. The van der Waals surface area contributed by atoms with Crippen molar-refractivity contribution in [3.05, 3.63) is 53.7 Å². The molecule has 2 rings (SSSR count). The smallest absolute Gasteiger partial charge is 0.204 e. The van der Waals surface area contributed by atoms with Crippen LogP contribution < -0.4 is 0 Å². The third kappa shape index (κ3) is 2.56. The minimum atomic E-state index is 0.0538. The molecule has 0 saturated carbocycles. The zero-order valence-electron chi connectivity index (χ0n) is 9.38. The van der Waals surface area contributed by atoms with Crippen LogP contribution in [0.5, 0.6) is 0 Å². The lowest BCUT2D eigenvalue weighted by atomic mass is 10.1. The molecule has 0 aliphatic heterocycles. The highest BCUT2D eigenvalue weighted by Crippen LogP contribution is 2.29. The largest absolute Gasteiger partial charge is 0.288 e. The number of hydrogen-bond acceptors (Lipinski definition) is 2. The van der Waals surface area contributed by atoms with E-state index >= 15 is 0 Å². The van der Waals surface area contributed by atoms with Crippen molar-refractivity contribution in [2.75, 3.05) is 0 Å². The van der Waals surface area contributed by atoms with E-state index in [4.69, 9.17) is 11.6 Å². The van der Waals surface area contributed by atoms with Crippen molar-refractivity contribution in [3.63, 3.8) is 0 Å². The molecule has 0 aliphatic rings. The van der Waals surface area contributed by atoms with Crippen molar-refractivity contribution in [2.24, 2.45) is 0 Å². The van der Waals surface area contributed by atoms with Crippen molar-refractivity contribution in [1.82, 2.24) is 0 Å². The van der Waals surface area contributed by atoms with E-state index in [1.54, 1.807) is 0 Å². The molecule has 2 aromatic rings. The van der Waals surface area contributed by atoms with E-state index < -0.39 is 0 Å². The molecule has 0 saturated heterocycles. The second kappa shape index (κ2) is 5.08. The van der Waals surface area contributed by atoms with E-state index in [0.717, 1.165) is 20.3 Å². The summed E-state index contributed by atoms with van der Waals surface area (Å²) in [6.07, 6.45) is 0. The predicted octanol–water partition coefficient (Wildman–Crippen LogP) is 4.85. The van der Waals surface area contributed by atoms with Gasteiger partial charge < -0.3 is 0 Å². The first-order chi connectivity index (χ1) is 8.00. The molecule has 1 heterocycles. The highest BCUT2D eigenvalue weighted by molar-refractivity contribution is 14.1. The van der Waals surface area contributed by atoms with E-state index in [1.807, 2.05) is 38.1 Å². The molecule has 0 aliphatic carbocycles. The monoisotopic (exact) mass is 376 g/mol. The first-order valence-corrected chi connectivity index (χ1v) is 7.33. The van der Waals surface area contributed by atoms with Crippen LogP contribution in [0.3, 0.4) is 0 Å². The molecule has 0 amide bonds. The molecule has 17 heavy (non-hydrogen) atoms.